The molecule has 3 aromatic heterocycles. The number of rotatable bonds is 10. The van der Waals surface area contributed by atoms with Crippen molar-refractivity contribution in [3.63, 3.8) is 0 Å². The second-order valence-corrected chi connectivity index (χ2v) is 13.2. The summed E-state index contributed by atoms with van der Waals surface area (Å²) in [5, 5.41) is 22.1. The van der Waals surface area contributed by atoms with Gasteiger partial charge in [0.05, 0.1) is 43.6 Å². The van der Waals surface area contributed by atoms with E-state index in [9.17, 15) is 23.9 Å². The Balaban J connectivity index is 1.75. The maximum Gasteiger partial charge on any atom is 0.333 e. The molecular weight excluding hydrogens is 603 g/mol. The highest BCUT2D eigenvalue weighted by Gasteiger charge is 2.37. The van der Waals surface area contributed by atoms with Crippen LogP contribution in [-0.2, 0) is 21.6 Å². The molecule has 0 radical (unpaired) electrons. The molecule has 0 spiro atoms. The highest BCUT2D eigenvalue weighted by molar-refractivity contribution is 7.21. The zero-order valence-corrected chi connectivity index (χ0v) is 27.1. The first-order valence-electron chi connectivity index (χ1n) is 15.0. The fourth-order valence-corrected chi connectivity index (χ4v) is 7.01. The number of aryl methyl sites for hydroxylation is 1. The van der Waals surface area contributed by atoms with Crippen molar-refractivity contribution < 1.29 is 23.8 Å². The quantitative estimate of drug-likeness (QED) is 0.267. The first-order chi connectivity index (χ1) is 21.3. The van der Waals surface area contributed by atoms with E-state index in [4.69, 9.17) is 9.47 Å². The van der Waals surface area contributed by atoms with E-state index in [-0.39, 0.29) is 24.1 Å². The molecule has 1 aromatic carbocycles. The van der Waals surface area contributed by atoms with Crippen molar-refractivity contribution in [1.29, 1.82) is 0 Å². The number of aliphatic hydroxyl groups is 1. The Bertz CT molecular complexity index is 1800. The summed E-state index contributed by atoms with van der Waals surface area (Å²) < 4.78 is 29.3. The lowest BCUT2D eigenvalue weighted by Gasteiger charge is -2.31. The van der Waals surface area contributed by atoms with Crippen LogP contribution in [-0.4, -0.2) is 60.5 Å². The molecule has 4 aromatic rings. The van der Waals surface area contributed by atoms with Crippen molar-refractivity contribution in [2.45, 2.75) is 96.7 Å². The third-order valence-corrected chi connectivity index (χ3v) is 9.49. The highest BCUT2D eigenvalue weighted by atomic mass is 32.1. The molecule has 5 rings (SSSR count). The predicted molar refractivity (Wildman–Crippen MR) is 168 cm³/mol. The second-order valence-electron chi connectivity index (χ2n) is 12.2. The lowest BCUT2D eigenvalue weighted by atomic mass is 9.94. The van der Waals surface area contributed by atoms with Crippen LogP contribution >= 0.6 is 11.3 Å². The summed E-state index contributed by atoms with van der Waals surface area (Å²) in [6, 6.07) is 3.87. The first-order valence-corrected chi connectivity index (χ1v) is 15.8. The molecule has 242 valence electrons. The van der Waals surface area contributed by atoms with Crippen molar-refractivity contribution in [2.75, 3.05) is 7.11 Å². The van der Waals surface area contributed by atoms with E-state index in [1.165, 1.54) is 60.9 Å². The molecule has 1 aliphatic carbocycles. The fourth-order valence-electron chi connectivity index (χ4n) is 5.79. The molecule has 2 N–H and O–H groups in total. The summed E-state index contributed by atoms with van der Waals surface area (Å²) in [4.78, 5) is 43.8. The minimum Gasteiger partial charge on any atom is -0.496 e. The van der Waals surface area contributed by atoms with Gasteiger partial charge in [0.25, 0.3) is 5.56 Å². The van der Waals surface area contributed by atoms with Gasteiger partial charge in [-0.15, -0.1) is 4.80 Å². The Morgan fingerprint density at radius 3 is 2.47 bits per heavy atom. The number of carbonyl (C=O) groups is 1. The average molecular weight is 643 g/mol. The topological polar surface area (TPSA) is 142 Å². The Kier molecular flexibility index (Phi) is 9.28. The van der Waals surface area contributed by atoms with Crippen LogP contribution in [0.15, 0.2) is 40.2 Å². The summed E-state index contributed by atoms with van der Waals surface area (Å²) in [7, 11) is 1.47. The largest absolute Gasteiger partial charge is 0.496 e. The highest BCUT2D eigenvalue weighted by Crippen LogP contribution is 2.36. The predicted octanol–water partition coefficient (Wildman–Crippen LogP) is 3.58. The van der Waals surface area contributed by atoms with E-state index in [2.05, 4.69) is 15.5 Å². The molecule has 1 saturated carbocycles. The van der Waals surface area contributed by atoms with Gasteiger partial charge in [-0.1, -0.05) is 11.3 Å². The van der Waals surface area contributed by atoms with Gasteiger partial charge in [0.2, 0.25) is 5.91 Å². The van der Waals surface area contributed by atoms with Crippen molar-refractivity contribution >= 4 is 27.5 Å². The minimum atomic E-state index is -1.57. The van der Waals surface area contributed by atoms with Crippen LogP contribution in [0.2, 0.25) is 0 Å². The number of ether oxygens (including phenoxy) is 2. The molecule has 1 fully saturated rings. The smallest absolute Gasteiger partial charge is 0.333 e. The van der Waals surface area contributed by atoms with E-state index in [0.29, 0.717) is 52.4 Å². The zero-order valence-electron chi connectivity index (χ0n) is 26.2. The number of amides is 1. The maximum atomic E-state index is 14.7. The van der Waals surface area contributed by atoms with Gasteiger partial charge in [-0.2, -0.15) is 10.2 Å². The third-order valence-electron chi connectivity index (χ3n) is 8.21. The van der Waals surface area contributed by atoms with Crippen molar-refractivity contribution in [3.05, 3.63) is 68.4 Å². The van der Waals surface area contributed by atoms with Crippen LogP contribution in [0.3, 0.4) is 0 Å². The molecule has 1 amide bonds. The summed E-state index contributed by atoms with van der Waals surface area (Å²) in [6.45, 7) is 8.27. The van der Waals surface area contributed by atoms with Gasteiger partial charge < -0.3 is 19.9 Å². The fraction of sp³-hybridized carbons (Fsp3) is 0.516. The lowest BCUT2D eigenvalue weighted by molar-refractivity contribution is -0.129. The number of nitrogens with one attached hydrogen (secondary N) is 1. The maximum absolute atomic E-state index is 14.7. The Morgan fingerprint density at radius 1 is 1.18 bits per heavy atom. The molecule has 0 bridgehead atoms. The molecule has 1 atom stereocenters. The van der Waals surface area contributed by atoms with Gasteiger partial charge in [-0.3, -0.25) is 14.2 Å². The van der Waals surface area contributed by atoms with Gasteiger partial charge in [0, 0.05) is 17.2 Å². The number of aromatic nitrogens is 5. The van der Waals surface area contributed by atoms with Gasteiger partial charge in [-0.05, 0) is 78.5 Å². The molecule has 45 heavy (non-hydrogen) atoms. The van der Waals surface area contributed by atoms with E-state index in [1.54, 1.807) is 20.8 Å². The SMILES string of the molecule is COc1ccc(F)cc1[C@H](Cn1c(=O)n(C(C)(C)C(=O)NC(C)C)c(=O)c2c(C)c(-n3nccn3)sc21)O[C@H]1CC[C@@H](O)CC1. The number of nitrogens with zero attached hydrogens (tertiary/aromatic N) is 5. The lowest BCUT2D eigenvalue weighted by Crippen LogP contribution is -2.56. The van der Waals surface area contributed by atoms with E-state index in [1.807, 2.05) is 0 Å². The van der Waals surface area contributed by atoms with Crippen LogP contribution in [0.4, 0.5) is 4.39 Å². The van der Waals surface area contributed by atoms with E-state index < -0.39 is 40.7 Å². The van der Waals surface area contributed by atoms with Crippen molar-refractivity contribution in [2.24, 2.45) is 0 Å². The van der Waals surface area contributed by atoms with Gasteiger partial charge in [-0.25, -0.2) is 13.8 Å². The minimum absolute atomic E-state index is 0.123. The standard InChI is InChI=1S/C31H39FN6O6S/c1-17(2)35-29(41)31(4,5)37-26(40)25-18(3)27(38-33-13-14-34-38)45-28(25)36(30(37)42)16-24(44-21-10-8-20(39)9-11-21)22-15-19(32)7-12-23(22)43-6/h7,12-15,17,20-21,24,39H,8-11,16H2,1-6H3,(H,35,41)/t20-,21+,24-/m0/s1. The summed E-state index contributed by atoms with van der Waals surface area (Å²) in [5.74, 6) is -0.633. The Morgan fingerprint density at radius 2 is 1.84 bits per heavy atom. The van der Waals surface area contributed by atoms with Crippen LogP contribution in [0.5, 0.6) is 5.75 Å². The number of fused-ring (bicyclic) bond motifs is 1. The number of hydrogen-bond acceptors (Lipinski definition) is 9. The number of carbonyl (C=O) groups excluding carboxylic acids is 1. The number of aliphatic hydroxyl groups excluding tert-OH is 1. The van der Waals surface area contributed by atoms with E-state index >= 15 is 0 Å². The average Bonchev–Trinajstić information content (AvgIpc) is 3.63. The number of benzene rings is 1. The summed E-state index contributed by atoms with van der Waals surface area (Å²) in [5.41, 5.74) is -1.98. The monoisotopic (exact) mass is 642 g/mol. The van der Waals surface area contributed by atoms with Crippen LogP contribution in [0.1, 0.15) is 70.6 Å². The molecule has 0 unspecified atom stereocenters. The second kappa shape index (κ2) is 12.9. The number of halogens is 1. The molecule has 14 heteroatoms. The molecule has 3 heterocycles. The van der Waals surface area contributed by atoms with Gasteiger partial charge in [0.1, 0.15) is 33.0 Å². The molecule has 0 saturated heterocycles. The summed E-state index contributed by atoms with van der Waals surface area (Å²) >= 11 is 1.16. The molecular formula is C31H39FN6O6S. The van der Waals surface area contributed by atoms with E-state index in [0.717, 1.165) is 15.9 Å². The van der Waals surface area contributed by atoms with Crippen LogP contribution < -0.4 is 21.3 Å². The Hall–Kier alpha value is -3.88. The Labute approximate surface area is 263 Å². The number of thiophene rings is 1. The van der Waals surface area contributed by atoms with Crippen molar-refractivity contribution in [1.82, 2.24) is 29.4 Å². The number of methoxy groups -OCH3 is 1. The van der Waals surface area contributed by atoms with Crippen molar-refractivity contribution in [3.8, 4) is 10.8 Å². The number of hydrogen-bond donors (Lipinski definition) is 2. The molecule has 0 aliphatic heterocycles. The zero-order chi connectivity index (χ0) is 32.6. The first kappa shape index (κ1) is 32.5. The normalized spacial score (nSPS) is 18.0. The summed E-state index contributed by atoms with van der Waals surface area (Å²) in [6.07, 6.45) is 3.71. The van der Waals surface area contributed by atoms with Crippen LogP contribution in [0, 0.1) is 12.7 Å². The van der Waals surface area contributed by atoms with Gasteiger partial charge >= 0.3 is 5.69 Å². The third kappa shape index (κ3) is 6.31. The van der Waals surface area contributed by atoms with Crippen LogP contribution in [0.25, 0.3) is 15.2 Å². The molecule has 1 aliphatic rings. The molecule has 12 nitrogen and oxygen atoms in total. The van der Waals surface area contributed by atoms with Gasteiger partial charge in [0.15, 0.2) is 0 Å².